The minimum atomic E-state index is -0.416. The lowest BCUT2D eigenvalue weighted by Gasteiger charge is -2.29. The minimum Gasteiger partial charge on any atom is -0.363 e. The molecule has 1 saturated carbocycles. The van der Waals surface area contributed by atoms with Crippen molar-refractivity contribution >= 4 is 11.5 Å². The van der Waals surface area contributed by atoms with Crippen LogP contribution in [0.1, 0.15) is 31.2 Å². The molecule has 1 aromatic heterocycles. The van der Waals surface area contributed by atoms with E-state index < -0.39 is 4.92 Å². The van der Waals surface area contributed by atoms with Crippen LogP contribution < -0.4 is 11.1 Å². The quantitative estimate of drug-likeness (QED) is 0.629. The molecule has 98 valence electrons. The number of rotatable bonds is 4. The summed E-state index contributed by atoms with van der Waals surface area (Å²) in [6.45, 7) is 2.28. The molecule has 1 aliphatic carbocycles. The Bertz CT molecular complexity index is 455. The Labute approximate surface area is 106 Å². The number of nitrogens with zero attached hydrogens (tertiary/aromatic N) is 2. The van der Waals surface area contributed by atoms with Crippen LogP contribution in [0, 0.1) is 17.0 Å². The molecule has 0 aliphatic heterocycles. The summed E-state index contributed by atoms with van der Waals surface area (Å²) in [7, 11) is 0. The topological polar surface area (TPSA) is 94.1 Å². The summed E-state index contributed by atoms with van der Waals surface area (Å²) in [4.78, 5) is 14.4. The summed E-state index contributed by atoms with van der Waals surface area (Å²) in [5.74, 6) is 0.672. The Morgan fingerprint density at radius 2 is 2.22 bits per heavy atom. The van der Waals surface area contributed by atoms with E-state index in [-0.39, 0.29) is 11.2 Å². The molecule has 3 N–H and O–H groups in total. The second kappa shape index (κ2) is 4.89. The molecule has 2 rings (SSSR count). The molecule has 0 amide bonds. The van der Waals surface area contributed by atoms with Crippen molar-refractivity contribution < 1.29 is 4.92 Å². The van der Waals surface area contributed by atoms with Gasteiger partial charge in [0.15, 0.2) is 0 Å². The molecule has 0 radical (unpaired) electrons. The fourth-order valence-electron chi connectivity index (χ4n) is 2.51. The van der Waals surface area contributed by atoms with Crippen molar-refractivity contribution in [3.8, 4) is 0 Å². The van der Waals surface area contributed by atoms with E-state index >= 15 is 0 Å². The molecule has 1 aromatic rings. The van der Waals surface area contributed by atoms with E-state index in [0.29, 0.717) is 17.9 Å². The maximum absolute atomic E-state index is 10.7. The average molecular weight is 250 g/mol. The molecule has 6 nitrogen and oxygen atoms in total. The van der Waals surface area contributed by atoms with Gasteiger partial charge in [0.1, 0.15) is 12.0 Å². The van der Waals surface area contributed by atoms with Crippen molar-refractivity contribution in [1.82, 2.24) is 4.98 Å². The first-order valence-corrected chi connectivity index (χ1v) is 6.16. The third kappa shape index (κ3) is 2.43. The van der Waals surface area contributed by atoms with Crippen molar-refractivity contribution in [2.24, 2.45) is 5.73 Å². The zero-order valence-electron chi connectivity index (χ0n) is 10.5. The Balaban J connectivity index is 2.19. The standard InChI is InChI=1S/C12H18N4O2/c1-9-6-11(14-7-10(9)16(17)18)15-12(8-13)4-2-3-5-12/h6-7H,2-5,8,13H2,1H3,(H,14,15). The van der Waals surface area contributed by atoms with E-state index in [9.17, 15) is 10.1 Å². The largest absolute Gasteiger partial charge is 0.363 e. The van der Waals surface area contributed by atoms with Gasteiger partial charge in [-0.15, -0.1) is 0 Å². The molecule has 0 saturated heterocycles. The lowest BCUT2D eigenvalue weighted by Crippen LogP contribution is -2.43. The summed E-state index contributed by atoms with van der Waals surface area (Å²) in [6, 6.07) is 1.72. The van der Waals surface area contributed by atoms with Crippen LogP contribution in [0.4, 0.5) is 11.5 Å². The highest BCUT2D eigenvalue weighted by Crippen LogP contribution is 2.32. The van der Waals surface area contributed by atoms with Gasteiger partial charge < -0.3 is 11.1 Å². The van der Waals surface area contributed by atoms with Gasteiger partial charge in [-0.05, 0) is 25.8 Å². The van der Waals surface area contributed by atoms with Crippen molar-refractivity contribution in [3.63, 3.8) is 0 Å². The van der Waals surface area contributed by atoms with Gasteiger partial charge in [-0.1, -0.05) is 12.8 Å². The highest BCUT2D eigenvalue weighted by molar-refractivity contribution is 5.48. The molecular formula is C12H18N4O2. The summed E-state index contributed by atoms with van der Waals surface area (Å²) in [5.41, 5.74) is 6.41. The second-order valence-electron chi connectivity index (χ2n) is 4.93. The van der Waals surface area contributed by atoms with Gasteiger partial charge in [-0.2, -0.15) is 0 Å². The molecule has 6 heteroatoms. The van der Waals surface area contributed by atoms with Gasteiger partial charge in [0, 0.05) is 12.1 Å². The number of nitro groups is 1. The van der Waals surface area contributed by atoms with Crippen LogP contribution in [0.5, 0.6) is 0 Å². The fraction of sp³-hybridized carbons (Fsp3) is 0.583. The van der Waals surface area contributed by atoms with Crippen LogP contribution in [0.25, 0.3) is 0 Å². The maximum atomic E-state index is 10.7. The first-order chi connectivity index (χ1) is 8.56. The number of nitrogens with two attached hydrogens (primary N) is 1. The van der Waals surface area contributed by atoms with Gasteiger partial charge >= 0.3 is 0 Å². The molecule has 1 aliphatic rings. The van der Waals surface area contributed by atoms with E-state index in [2.05, 4.69) is 10.3 Å². The van der Waals surface area contributed by atoms with Crippen LogP contribution >= 0.6 is 0 Å². The van der Waals surface area contributed by atoms with Gasteiger partial charge in [-0.3, -0.25) is 10.1 Å². The second-order valence-corrected chi connectivity index (χ2v) is 4.93. The van der Waals surface area contributed by atoms with E-state index in [1.807, 2.05) is 0 Å². The number of pyridine rings is 1. The van der Waals surface area contributed by atoms with Gasteiger partial charge in [0.2, 0.25) is 0 Å². The normalized spacial score (nSPS) is 17.7. The third-order valence-corrected chi connectivity index (χ3v) is 3.62. The third-order valence-electron chi connectivity index (χ3n) is 3.62. The van der Waals surface area contributed by atoms with Gasteiger partial charge in [0.05, 0.1) is 10.5 Å². The van der Waals surface area contributed by atoms with Crippen molar-refractivity contribution in [2.75, 3.05) is 11.9 Å². The highest BCUT2D eigenvalue weighted by atomic mass is 16.6. The summed E-state index contributed by atoms with van der Waals surface area (Å²) >= 11 is 0. The van der Waals surface area contributed by atoms with E-state index in [1.165, 1.54) is 6.20 Å². The van der Waals surface area contributed by atoms with Crippen molar-refractivity contribution in [1.29, 1.82) is 0 Å². The van der Waals surface area contributed by atoms with E-state index in [4.69, 9.17) is 5.73 Å². The molecular weight excluding hydrogens is 232 g/mol. The molecule has 1 heterocycles. The Kier molecular flexibility index (Phi) is 3.47. The Morgan fingerprint density at radius 1 is 1.56 bits per heavy atom. The van der Waals surface area contributed by atoms with Crippen LogP contribution in [0.2, 0.25) is 0 Å². The average Bonchev–Trinajstić information content (AvgIpc) is 2.78. The number of hydrogen-bond acceptors (Lipinski definition) is 5. The number of aromatic nitrogens is 1. The van der Waals surface area contributed by atoms with Crippen LogP contribution in [0.3, 0.4) is 0 Å². The summed E-state index contributed by atoms with van der Waals surface area (Å²) < 4.78 is 0. The maximum Gasteiger partial charge on any atom is 0.290 e. The van der Waals surface area contributed by atoms with Crippen LogP contribution in [-0.4, -0.2) is 22.0 Å². The summed E-state index contributed by atoms with van der Waals surface area (Å²) in [5, 5.41) is 14.1. The van der Waals surface area contributed by atoms with E-state index in [1.54, 1.807) is 13.0 Å². The summed E-state index contributed by atoms with van der Waals surface area (Å²) in [6.07, 6.45) is 5.69. The number of aryl methyl sites for hydroxylation is 1. The minimum absolute atomic E-state index is 0.0498. The van der Waals surface area contributed by atoms with Gasteiger partial charge in [-0.25, -0.2) is 4.98 Å². The zero-order chi connectivity index (χ0) is 13.2. The number of hydrogen-bond donors (Lipinski definition) is 2. The molecule has 18 heavy (non-hydrogen) atoms. The van der Waals surface area contributed by atoms with Gasteiger partial charge in [0.25, 0.3) is 5.69 Å². The van der Waals surface area contributed by atoms with Crippen LogP contribution in [-0.2, 0) is 0 Å². The zero-order valence-corrected chi connectivity index (χ0v) is 10.5. The van der Waals surface area contributed by atoms with Crippen LogP contribution in [0.15, 0.2) is 12.3 Å². The first kappa shape index (κ1) is 12.8. The molecule has 0 spiro atoms. The predicted molar refractivity (Wildman–Crippen MR) is 69.5 cm³/mol. The molecule has 0 atom stereocenters. The molecule has 0 bridgehead atoms. The predicted octanol–water partition coefficient (Wildman–Crippen LogP) is 1.98. The molecule has 0 unspecified atom stereocenters. The Hall–Kier alpha value is -1.69. The fourth-order valence-corrected chi connectivity index (χ4v) is 2.51. The van der Waals surface area contributed by atoms with E-state index in [0.717, 1.165) is 25.7 Å². The first-order valence-electron chi connectivity index (χ1n) is 6.16. The SMILES string of the molecule is Cc1cc(NC2(CN)CCCC2)ncc1[N+](=O)[O-]. The van der Waals surface area contributed by atoms with Crippen molar-refractivity contribution in [3.05, 3.63) is 27.9 Å². The smallest absolute Gasteiger partial charge is 0.290 e. The lowest BCUT2D eigenvalue weighted by molar-refractivity contribution is -0.385. The number of nitrogens with one attached hydrogen (secondary N) is 1. The highest BCUT2D eigenvalue weighted by Gasteiger charge is 2.32. The monoisotopic (exact) mass is 250 g/mol. The molecule has 0 aromatic carbocycles. The Morgan fingerprint density at radius 3 is 2.72 bits per heavy atom. The lowest BCUT2D eigenvalue weighted by atomic mass is 9.98. The number of anilines is 1. The van der Waals surface area contributed by atoms with Crippen molar-refractivity contribution in [2.45, 2.75) is 38.1 Å². The molecule has 1 fully saturated rings.